The number of hydrogen-bond donors (Lipinski definition) is 1. The molecular formula is C14H25N5. The first-order valence-electron chi connectivity index (χ1n) is 7.68. The molecule has 1 aromatic heterocycles. The van der Waals surface area contributed by atoms with E-state index in [1.54, 1.807) is 0 Å². The molecule has 5 heteroatoms. The first-order chi connectivity index (χ1) is 9.26. The molecule has 106 valence electrons. The average molecular weight is 263 g/mol. The second-order valence-electron chi connectivity index (χ2n) is 5.90. The first-order valence-corrected chi connectivity index (χ1v) is 7.68. The van der Waals surface area contributed by atoms with Crippen LogP contribution in [0.3, 0.4) is 0 Å². The smallest absolute Gasteiger partial charge is 0.152 e. The third-order valence-electron chi connectivity index (χ3n) is 4.52. The van der Waals surface area contributed by atoms with Crippen LogP contribution in [0.4, 0.5) is 0 Å². The molecule has 2 atom stereocenters. The van der Waals surface area contributed by atoms with E-state index in [-0.39, 0.29) is 6.04 Å². The second kappa shape index (κ2) is 5.59. The lowest BCUT2D eigenvalue weighted by Gasteiger charge is -2.34. The minimum absolute atomic E-state index is 0.270. The molecule has 0 spiro atoms. The van der Waals surface area contributed by atoms with E-state index in [2.05, 4.69) is 21.6 Å². The van der Waals surface area contributed by atoms with Gasteiger partial charge in [0.25, 0.3) is 0 Å². The Balaban J connectivity index is 1.69. The van der Waals surface area contributed by atoms with Crippen molar-refractivity contribution in [3.05, 3.63) is 11.6 Å². The molecule has 1 saturated heterocycles. The maximum Gasteiger partial charge on any atom is 0.152 e. The lowest BCUT2D eigenvalue weighted by molar-refractivity contribution is 0.153. The molecule has 1 aromatic rings. The number of likely N-dealkylation sites (tertiary alicyclic amines) is 1. The van der Waals surface area contributed by atoms with Gasteiger partial charge in [-0.3, -0.25) is 0 Å². The van der Waals surface area contributed by atoms with Crippen LogP contribution in [-0.2, 0) is 19.4 Å². The Morgan fingerprint density at radius 3 is 3.00 bits per heavy atom. The maximum absolute atomic E-state index is 6.00. The topological polar surface area (TPSA) is 60.0 Å². The van der Waals surface area contributed by atoms with Gasteiger partial charge in [0.2, 0.25) is 0 Å². The van der Waals surface area contributed by atoms with E-state index in [0.29, 0.717) is 6.04 Å². The Hall–Kier alpha value is -0.940. The maximum atomic E-state index is 6.00. The van der Waals surface area contributed by atoms with Gasteiger partial charge in [-0.1, -0.05) is 13.3 Å². The molecule has 0 radical (unpaired) electrons. The summed E-state index contributed by atoms with van der Waals surface area (Å²) < 4.78 is 2.07. The monoisotopic (exact) mass is 263 g/mol. The quantitative estimate of drug-likeness (QED) is 0.883. The van der Waals surface area contributed by atoms with Crippen LogP contribution in [0, 0.1) is 0 Å². The van der Waals surface area contributed by atoms with E-state index in [1.807, 2.05) is 0 Å². The molecule has 2 N–H and O–H groups in total. The van der Waals surface area contributed by atoms with Gasteiger partial charge in [0, 0.05) is 31.5 Å². The van der Waals surface area contributed by atoms with Crippen molar-refractivity contribution >= 4 is 0 Å². The van der Waals surface area contributed by atoms with Crippen LogP contribution in [-0.4, -0.2) is 44.8 Å². The molecule has 5 nitrogen and oxygen atoms in total. The summed E-state index contributed by atoms with van der Waals surface area (Å²) in [7, 11) is 0. The molecule has 1 fully saturated rings. The number of likely N-dealkylation sites (N-methyl/N-ethyl adjacent to an activating group) is 1. The van der Waals surface area contributed by atoms with Crippen LogP contribution < -0.4 is 5.73 Å². The van der Waals surface area contributed by atoms with Crippen LogP contribution in [0.2, 0.25) is 0 Å². The van der Waals surface area contributed by atoms with Gasteiger partial charge in [0.15, 0.2) is 5.82 Å². The van der Waals surface area contributed by atoms with Gasteiger partial charge >= 0.3 is 0 Å². The minimum atomic E-state index is 0.270. The summed E-state index contributed by atoms with van der Waals surface area (Å²) in [5, 5.41) is 4.67. The second-order valence-corrected chi connectivity index (χ2v) is 5.90. The highest BCUT2D eigenvalue weighted by atomic mass is 15.4. The molecule has 2 unspecified atom stereocenters. The molecule has 0 amide bonds. The number of nitrogens with two attached hydrogens (primary N) is 1. The zero-order valence-corrected chi connectivity index (χ0v) is 11.9. The number of nitrogens with zero attached hydrogens (tertiary/aromatic N) is 4. The molecule has 0 aromatic carbocycles. The highest BCUT2D eigenvalue weighted by Crippen LogP contribution is 2.20. The van der Waals surface area contributed by atoms with Crippen LogP contribution in [0.15, 0.2) is 0 Å². The summed E-state index contributed by atoms with van der Waals surface area (Å²) >= 11 is 0. The van der Waals surface area contributed by atoms with Gasteiger partial charge in [0.1, 0.15) is 5.82 Å². The Kier molecular flexibility index (Phi) is 3.84. The van der Waals surface area contributed by atoms with Crippen molar-refractivity contribution < 1.29 is 0 Å². The van der Waals surface area contributed by atoms with Gasteiger partial charge in [-0.25, -0.2) is 9.67 Å². The van der Waals surface area contributed by atoms with Gasteiger partial charge in [-0.05, 0) is 32.4 Å². The molecule has 2 aliphatic heterocycles. The third kappa shape index (κ3) is 2.82. The molecule has 3 heterocycles. The first kappa shape index (κ1) is 13.1. The summed E-state index contributed by atoms with van der Waals surface area (Å²) in [5.74, 6) is 2.11. The average Bonchev–Trinajstić information content (AvgIpc) is 2.80. The molecule has 0 saturated carbocycles. The Morgan fingerprint density at radius 2 is 2.16 bits per heavy atom. The Morgan fingerprint density at radius 1 is 1.26 bits per heavy atom. The Labute approximate surface area is 115 Å². The highest BCUT2D eigenvalue weighted by molar-refractivity contribution is 5.00. The van der Waals surface area contributed by atoms with Crippen molar-refractivity contribution in [3.8, 4) is 0 Å². The summed E-state index contributed by atoms with van der Waals surface area (Å²) in [6.07, 6.45) is 6.89. The van der Waals surface area contributed by atoms with Crippen LogP contribution in [0.5, 0.6) is 0 Å². The van der Waals surface area contributed by atoms with E-state index in [1.165, 1.54) is 25.8 Å². The minimum Gasteiger partial charge on any atom is -0.327 e. The summed E-state index contributed by atoms with van der Waals surface area (Å²) in [4.78, 5) is 7.29. The fourth-order valence-corrected chi connectivity index (χ4v) is 3.39. The van der Waals surface area contributed by atoms with Crippen LogP contribution in [0.25, 0.3) is 0 Å². The van der Waals surface area contributed by atoms with Crippen molar-refractivity contribution in [2.24, 2.45) is 5.73 Å². The van der Waals surface area contributed by atoms with Gasteiger partial charge in [-0.2, -0.15) is 5.10 Å². The van der Waals surface area contributed by atoms with E-state index in [4.69, 9.17) is 10.7 Å². The lowest BCUT2D eigenvalue weighted by atomic mass is 9.99. The largest absolute Gasteiger partial charge is 0.327 e. The summed E-state index contributed by atoms with van der Waals surface area (Å²) in [6, 6.07) is 0.906. The number of aryl methyl sites for hydroxylation is 1. The summed E-state index contributed by atoms with van der Waals surface area (Å²) in [5.41, 5.74) is 6.00. The van der Waals surface area contributed by atoms with E-state index in [0.717, 1.165) is 44.0 Å². The number of rotatable bonds is 3. The summed E-state index contributed by atoms with van der Waals surface area (Å²) in [6.45, 7) is 5.57. The fourth-order valence-electron chi connectivity index (χ4n) is 3.39. The molecule has 2 aliphatic rings. The van der Waals surface area contributed by atoms with Crippen molar-refractivity contribution in [2.75, 3.05) is 13.1 Å². The predicted molar refractivity (Wildman–Crippen MR) is 74.9 cm³/mol. The highest BCUT2D eigenvalue weighted by Gasteiger charge is 2.24. The molecule has 0 aliphatic carbocycles. The van der Waals surface area contributed by atoms with Crippen molar-refractivity contribution in [1.82, 2.24) is 19.7 Å². The van der Waals surface area contributed by atoms with Gasteiger partial charge in [0.05, 0.1) is 0 Å². The number of aromatic nitrogens is 3. The zero-order chi connectivity index (χ0) is 13.2. The number of fused-ring (bicyclic) bond motifs is 1. The number of hydrogen-bond acceptors (Lipinski definition) is 4. The van der Waals surface area contributed by atoms with Crippen LogP contribution >= 0.6 is 0 Å². The van der Waals surface area contributed by atoms with E-state index < -0.39 is 0 Å². The van der Waals surface area contributed by atoms with E-state index in [9.17, 15) is 0 Å². The van der Waals surface area contributed by atoms with Crippen molar-refractivity contribution in [3.63, 3.8) is 0 Å². The normalized spacial score (nSPS) is 28.3. The SMILES string of the molecule is CCN1CCCCC1Cc1nc2n(n1)CCC(N)C2. The third-order valence-corrected chi connectivity index (χ3v) is 4.52. The van der Waals surface area contributed by atoms with Gasteiger partial charge in [-0.15, -0.1) is 0 Å². The number of piperidine rings is 1. The molecule has 19 heavy (non-hydrogen) atoms. The van der Waals surface area contributed by atoms with Crippen molar-refractivity contribution in [2.45, 2.75) is 64.1 Å². The fraction of sp³-hybridized carbons (Fsp3) is 0.857. The van der Waals surface area contributed by atoms with Gasteiger partial charge < -0.3 is 10.6 Å². The predicted octanol–water partition coefficient (Wildman–Crippen LogP) is 0.968. The van der Waals surface area contributed by atoms with Crippen LogP contribution in [0.1, 0.15) is 44.3 Å². The van der Waals surface area contributed by atoms with Crippen molar-refractivity contribution in [1.29, 1.82) is 0 Å². The zero-order valence-electron chi connectivity index (χ0n) is 11.9. The Bertz CT molecular complexity index is 427. The molecule has 3 rings (SSSR count). The molecular weight excluding hydrogens is 238 g/mol. The standard InChI is InChI=1S/C14H25N5/c1-2-18-7-4-3-5-12(18)10-13-16-14-9-11(15)6-8-19(14)17-13/h11-12H,2-10,15H2,1H3. The van der Waals surface area contributed by atoms with E-state index >= 15 is 0 Å². The lowest BCUT2D eigenvalue weighted by Crippen LogP contribution is -2.40. The molecule has 0 bridgehead atoms.